The largest absolute Gasteiger partial charge is 0.300 e. The van der Waals surface area contributed by atoms with Gasteiger partial charge < -0.3 is 0 Å². The zero-order valence-corrected chi connectivity index (χ0v) is 17.6. The van der Waals surface area contributed by atoms with Crippen LogP contribution >= 0.6 is 11.6 Å². The van der Waals surface area contributed by atoms with E-state index in [1.165, 1.54) is 4.57 Å². The molecule has 152 valence electrons. The summed E-state index contributed by atoms with van der Waals surface area (Å²) < 4.78 is 1.51. The second-order valence-electron chi connectivity index (χ2n) is 7.11. The van der Waals surface area contributed by atoms with Crippen molar-refractivity contribution in [3.63, 3.8) is 0 Å². The molecule has 0 amide bonds. The summed E-state index contributed by atoms with van der Waals surface area (Å²) >= 11 is 6.27. The highest BCUT2D eigenvalue weighted by Gasteiger charge is 2.22. The molecule has 0 saturated heterocycles. The van der Waals surface area contributed by atoms with E-state index in [1.54, 1.807) is 43.5 Å². The summed E-state index contributed by atoms with van der Waals surface area (Å²) in [6.07, 6.45) is 1.80. The zero-order valence-electron chi connectivity index (χ0n) is 16.8. The molecule has 0 atom stereocenters. The van der Waals surface area contributed by atoms with Crippen LogP contribution in [0.4, 0.5) is 0 Å². The maximum atomic E-state index is 13.5. The number of fused-ring (bicyclic) bond motifs is 1. The highest BCUT2D eigenvalue weighted by atomic mass is 35.5. The lowest BCUT2D eigenvalue weighted by Gasteiger charge is -2.19. The number of carbonyl (C=O) groups is 1. The van der Waals surface area contributed by atoms with Crippen LogP contribution < -0.4 is 5.56 Å². The minimum Gasteiger partial charge on any atom is -0.300 e. The van der Waals surface area contributed by atoms with Gasteiger partial charge in [-0.15, -0.1) is 0 Å². The number of nitriles is 1. The Morgan fingerprint density at radius 3 is 2.52 bits per heavy atom. The van der Waals surface area contributed by atoms with Crippen LogP contribution in [-0.4, -0.2) is 15.3 Å². The fourth-order valence-electron chi connectivity index (χ4n) is 3.69. The van der Waals surface area contributed by atoms with Gasteiger partial charge in [0.15, 0.2) is 5.78 Å². The number of ketones is 1. The summed E-state index contributed by atoms with van der Waals surface area (Å²) in [5, 5.41) is 10.6. The second-order valence-corrected chi connectivity index (χ2v) is 7.55. The van der Waals surface area contributed by atoms with Gasteiger partial charge in [-0.05, 0) is 40.8 Å². The van der Waals surface area contributed by atoms with Crippen LogP contribution in [0.25, 0.3) is 21.9 Å². The molecule has 0 saturated carbocycles. The molecule has 0 radical (unpaired) electrons. The number of halogens is 1. The third-order valence-corrected chi connectivity index (χ3v) is 5.40. The maximum absolute atomic E-state index is 13.5. The summed E-state index contributed by atoms with van der Waals surface area (Å²) in [4.78, 5) is 30.7. The minimum absolute atomic E-state index is 0.139. The van der Waals surface area contributed by atoms with Crippen molar-refractivity contribution in [2.24, 2.45) is 0 Å². The Kier molecular flexibility index (Phi) is 5.66. The van der Waals surface area contributed by atoms with E-state index in [9.17, 15) is 9.59 Å². The maximum Gasteiger partial charge on any atom is 0.259 e. The number of rotatable bonds is 5. The van der Waals surface area contributed by atoms with Crippen molar-refractivity contribution in [3.05, 3.63) is 99.2 Å². The molecule has 0 fully saturated rings. The second kappa shape index (κ2) is 8.55. The lowest BCUT2D eigenvalue weighted by Crippen LogP contribution is -2.28. The van der Waals surface area contributed by atoms with E-state index in [4.69, 9.17) is 16.9 Å². The van der Waals surface area contributed by atoms with E-state index in [2.05, 4.69) is 4.98 Å². The summed E-state index contributed by atoms with van der Waals surface area (Å²) in [5.74, 6) is -0.139. The van der Waals surface area contributed by atoms with E-state index in [1.807, 2.05) is 36.4 Å². The van der Waals surface area contributed by atoms with Crippen molar-refractivity contribution in [3.8, 4) is 17.2 Å². The molecule has 2 aromatic heterocycles. The lowest BCUT2D eigenvalue weighted by molar-refractivity contribution is 0.0979. The topological polar surface area (TPSA) is 75.8 Å². The van der Waals surface area contributed by atoms with Gasteiger partial charge in [0, 0.05) is 28.6 Å². The number of carbonyl (C=O) groups excluding carboxylic acids is 1. The van der Waals surface area contributed by atoms with E-state index in [0.29, 0.717) is 32.7 Å². The summed E-state index contributed by atoms with van der Waals surface area (Å²) in [6, 6.07) is 20.0. The van der Waals surface area contributed by atoms with Crippen LogP contribution in [0.1, 0.15) is 35.1 Å². The highest BCUT2D eigenvalue weighted by Crippen LogP contribution is 2.33. The number of aromatic nitrogens is 2. The van der Waals surface area contributed by atoms with E-state index < -0.39 is 0 Å². The molecule has 0 aliphatic carbocycles. The Labute approximate surface area is 184 Å². The summed E-state index contributed by atoms with van der Waals surface area (Å²) in [6.45, 7) is 1.94. The molecular formula is C25H18ClN3O2. The van der Waals surface area contributed by atoms with Gasteiger partial charge in [0.2, 0.25) is 0 Å². The van der Waals surface area contributed by atoms with E-state index >= 15 is 0 Å². The smallest absolute Gasteiger partial charge is 0.259 e. The fourth-order valence-corrected chi connectivity index (χ4v) is 3.86. The van der Waals surface area contributed by atoms with Crippen molar-refractivity contribution < 1.29 is 4.79 Å². The number of hydrogen-bond acceptors (Lipinski definition) is 4. The first-order chi connectivity index (χ1) is 15.0. The van der Waals surface area contributed by atoms with Crippen molar-refractivity contribution >= 4 is 28.2 Å². The van der Waals surface area contributed by atoms with Crippen LogP contribution in [0.15, 0.2) is 71.7 Å². The van der Waals surface area contributed by atoms with Crippen LogP contribution in [0.5, 0.6) is 0 Å². The fraction of sp³-hybridized carbons (Fsp3) is 0.120. The molecule has 31 heavy (non-hydrogen) atoms. The number of pyridine rings is 2. The number of nitrogens with zero attached hydrogens (tertiary/aromatic N) is 3. The van der Waals surface area contributed by atoms with Gasteiger partial charge in [0.05, 0.1) is 12.2 Å². The van der Waals surface area contributed by atoms with Crippen LogP contribution in [0.3, 0.4) is 0 Å². The minimum atomic E-state index is -0.271. The molecule has 0 unspecified atom stereocenters. The summed E-state index contributed by atoms with van der Waals surface area (Å²) in [5.41, 5.74) is 2.60. The van der Waals surface area contributed by atoms with Crippen molar-refractivity contribution in [2.45, 2.75) is 19.9 Å². The third kappa shape index (κ3) is 3.86. The van der Waals surface area contributed by atoms with Gasteiger partial charge >= 0.3 is 0 Å². The predicted molar refractivity (Wildman–Crippen MR) is 121 cm³/mol. The highest BCUT2D eigenvalue weighted by molar-refractivity contribution is 6.31. The lowest BCUT2D eigenvalue weighted by atomic mass is 9.94. The van der Waals surface area contributed by atoms with Crippen molar-refractivity contribution in [1.82, 2.24) is 9.55 Å². The first-order valence-corrected chi connectivity index (χ1v) is 10.2. The number of benzene rings is 2. The molecule has 4 aromatic rings. The van der Waals surface area contributed by atoms with Gasteiger partial charge in [-0.25, -0.2) is 4.98 Å². The van der Waals surface area contributed by atoms with Gasteiger partial charge in [-0.3, -0.25) is 14.2 Å². The molecule has 2 aromatic carbocycles. The Bertz CT molecular complexity index is 1390. The van der Waals surface area contributed by atoms with Gasteiger partial charge in [-0.2, -0.15) is 5.26 Å². The molecule has 0 spiro atoms. The van der Waals surface area contributed by atoms with Crippen molar-refractivity contribution in [1.29, 1.82) is 5.26 Å². The third-order valence-electron chi connectivity index (χ3n) is 5.16. The average molecular weight is 428 g/mol. The number of hydrogen-bond donors (Lipinski definition) is 0. The molecular weight excluding hydrogens is 410 g/mol. The summed E-state index contributed by atoms with van der Waals surface area (Å²) in [7, 11) is 0. The zero-order chi connectivity index (χ0) is 22.0. The van der Waals surface area contributed by atoms with Crippen molar-refractivity contribution in [2.75, 3.05) is 0 Å². The number of Topliss-reactive ketones (excluding diaryl/α,β-unsaturated/α-hetero) is 1. The van der Waals surface area contributed by atoms with Gasteiger partial charge in [-0.1, -0.05) is 54.9 Å². The van der Waals surface area contributed by atoms with Crippen LogP contribution in [0, 0.1) is 11.3 Å². The molecule has 2 heterocycles. The SMILES string of the molecule is CCC(=O)c1c(-c2ccccc2)c2cc(Cl)ccc2c(=O)n1Cc1ccc(C#N)nc1. The molecule has 0 aliphatic heterocycles. The molecule has 0 bridgehead atoms. The molecule has 0 N–H and O–H groups in total. The first-order valence-electron chi connectivity index (χ1n) is 9.83. The monoisotopic (exact) mass is 427 g/mol. The molecule has 5 nitrogen and oxygen atoms in total. The predicted octanol–water partition coefficient (Wildman–Crippen LogP) is 5.23. The van der Waals surface area contributed by atoms with E-state index in [-0.39, 0.29) is 24.3 Å². The first kappa shape index (κ1) is 20.5. The quantitative estimate of drug-likeness (QED) is 0.408. The van der Waals surface area contributed by atoms with Crippen LogP contribution in [0.2, 0.25) is 5.02 Å². The molecule has 6 heteroatoms. The average Bonchev–Trinajstić information content (AvgIpc) is 2.81. The standard InChI is InChI=1S/C25H18ClN3O2/c1-2-22(30)24-23(17-6-4-3-5-7-17)21-12-18(26)9-11-20(21)25(31)29(24)15-16-8-10-19(13-27)28-14-16/h3-12,14H,2,15H2,1H3. The van der Waals surface area contributed by atoms with Gasteiger partial charge in [0.1, 0.15) is 11.8 Å². The molecule has 0 aliphatic rings. The Morgan fingerprint density at radius 1 is 1.10 bits per heavy atom. The van der Waals surface area contributed by atoms with E-state index in [0.717, 1.165) is 11.1 Å². The Balaban J connectivity index is 2.08. The van der Waals surface area contributed by atoms with Crippen LogP contribution in [-0.2, 0) is 6.54 Å². The Morgan fingerprint density at radius 2 is 1.87 bits per heavy atom. The molecule has 4 rings (SSSR count). The normalized spacial score (nSPS) is 10.7. The Hall–Kier alpha value is -3.75. The van der Waals surface area contributed by atoms with Gasteiger partial charge in [0.25, 0.3) is 5.56 Å².